The van der Waals surface area contributed by atoms with E-state index in [0.717, 1.165) is 6.08 Å². The molecule has 1 unspecified atom stereocenters. The second-order valence-corrected chi connectivity index (χ2v) is 6.35. The fraction of sp³-hybridized carbons (Fsp3) is 0.471. The lowest BCUT2D eigenvalue weighted by Gasteiger charge is -2.28. The molecule has 0 aromatic heterocycles. The third kappa shape index (κ3) is 4.04. The summed E-state index contributed by atoms with van der Waals surface area (Å²) in [5, 5.41) is 0.427. The monoisotopic (exact) mass is 362 g/mol. The van der Waals surface area contributed by atoms with Gasteiger partial charge in [-0.15, -0.1) is 0 Å². The molecule has 0 N–H and O–H groups in total. The van der Waals surface area contributed by atoms with Gasteiger partial charge in [0.15, 0.2) is 0 Å². The first-order chi connectivity index (χ1) is 11.1. The fourth-order valence-corrected chi connectivity index (χ4v) is 2.73. The predicted molar refractivity (Wildman–Crippen MR) is 85.1 cm³/mol. The van der Waals surface area contributed by atoms with Crippen LogP contribution in [0.15, 0.2) is 17.7 Å². The van der Waals surface area contributed by atoms with Gasteiger partial charge in [-0.05, 0) is 43.0 Å². The molecule has 0 spiro atoms. The molecule has 1 aliphatic heterocycles. The molecule has 3 nitrogen and oxygen atoms in total. The normalized spacial score (nSPS) is 17.2. The Hall–Kier alpha value is -1.69. The summed E-state index contributed by atoms with van der Waals surface area (Å²) in [7, 11) is 0. The average Bonchev–Trinajstić information content (AvgIpc) is 2.45. The molecule has 0 aliphatic carbocycles. The Labute approximate surface area is 143 Å². The molecule has 1 atom stereocenters. The maximum absolute atomic E-state index is 13.3. The van der Waals surface area contributed by atoms with E-state index in [9.17, 15) is 18.0 Å². The molecule has 1 aliphatic rings. The molecule has 0 saturated heterocycles. The standard InChI is InChI=1S/C17H18ClF3O3/c1-4-23-16(22)12-6-11-7-13(18)10(5-9(2)3)8-14(11)24-15(12)17(19,20)21/h6-9,15H,4-5H2,1-3H3. The van der Waals surface area contributed by atoms with Crippen LogP contribution in [0.3, 0.4) is 0 Å². The van der Waals surface area contributed by atoms with E-state index in [1.54, 1.807) is 0 Å². The summed E-state index contributed by atoms with van der Waals surface area (Å²) in [5.74, 6) is -0.702. The Balaban J connectivity index is 2.49. The highest BCUT2D eigenvalue weighted by molar-refractivity contribution is 6.31. The zero-order valence-electron chi connectivity index (χ0n) is 13.5. The van der Waals surface area contributed by atoms with E-state index in [1.807, 2.05) is 13.8 Å². The first-order valence-corrected chi connectivity index (χ1v) is 7.95. The van der Waals surface area contributed by atoms with Crippen molar-refractivity contribution in [1.82, 2.24) is 0 Å². The quantitative estimate of drug-likeness (QED) is 0.721. The molecule has 24 heavy (non-hydrogen) atoms. The summed E-state index contributed by atoms with van der Waals surface area (Å²) >= 11 is 6.20. The lowest BCUT2D eigenvalue weighted by atomic mass is 9.97. The number of hydrogen-bond donors (Lipinski definition) is 0. The van der Waals surface area contributed by atoms with Crippen molar-refractivity contribution < 1.29 is 27.4 Å². The topological polar surface area (TPSA) is 35.5 Å². The minimum atomic E-state index is -4.73. The first kappa shape index (κ1) is 18.6. The Morgan fingerprint density at radius 2 is 2.04 bits per heavy atom. The van der Waals surface area contributed by atoms with Crippen LogP contribution in [0.4, 0.5) is 13.2 Å². The molecule has 0 fully saturated rings. The van der Waals surface area contributed by atoms with Crippen LogP contribution >= 0.6 is 11.6 Å². The fourth-order valence-electron chi connectivity index (χ4n) is 2.48. The van der Waals surface area contributed by atoms with E-state index < -0.39 is 23.8 Å². The van der Waals surface area contributed by atoms with Gasteiger partial charge in [-0.25, -0.2) is 4.79 Å². The van der Waals surface area contributed by atoms with Crippen molar-refractivity contribution in [3.05, 3.63) is 33.9 Å². The lowest BCUT2D eigenvalue weighted by Crippen LogP contribution is -2.40. The van der Waals surface area contributed by atoms with Crippen LogP contribution in [0, 0.1) is 5.92 Å². The summed E-state index contributed by atoms with van der Waals surface area (Å²) < 4.78 is 49.6. The molecule has 7 heteroatoms. The van der Waals surface area contributed by atoms with Gasteiger partial charge in [0.05, 0.1) is 12.2 Å². The van der Waals surface area contributed by atoms with Crippen molar-refractivity contribution in [1.29, 1.82) is 0 Å². The van der Waals surface area contributed by atoms with Crippen LogP contribution in [0.1, 0.15) is 31.9 Å². The largest absolute Gasteiger partial charge is 0.475 e. The van der Waals surface area contributed by atoms with Crippen molar-refractivity contribution in [3.8, 4) is 5.75 Å². The predicted octanol–water partition coefficient (Wildman–Crippen LogP) is 4.81. The molecule has 132 valence electrons. The van der Waals surface area contributed by atoms with Gasteiger partial charge in [0.2, 0.25) is 6.10 Å². The lowest BCUT2D eigenvalue weighted by molar-refractivity contribution is -0.187. The summed E-state index contributed by atoms with van der Waals surface area (Å²) in [6, 6.07) is 3.02. The Kier molecular flexibility index (Phi) is 5.48. The highest BCUT2D eigenvalue weighted by Gasteiger charge is 2.48. The molecule has 1 aromatic rings. The summed E-state index contributed by atoms with van der Waals surface area (Å²) in [5.41, 5.74) is 0.458. The Morgan fingerprint density at radius 1 is 1.38 bits per heavy atom. The first-order valence-electron chi connectivity index (χ1n) is 7.58. The van der Waals surface area contributed by atoms with Crippen molar-refractivity contribution in [3.63, 3.8) is 0 Å². The van der Waals surface area contributed by atoms with E-state index in [4.69, 9.17) is 21.1 Å². The molecule has 0 amide bonds. The molecule has 1 heterocycles. The molecule has 0 saturated carbocycles. The van der Waals surface area contributed by atoms with E-state index in [2.05, 4.69) is 0 Å². The third-order valence-corrected chi connectivity index (χ3v) is 3.81. The molecular weight excluding hydrogens is 345 g/mol. The van der Waals surface area contributed by atoms with Gasteiger partial charge >= 0.3 is 12.1 Å². The SMILES string of the molecule is CCOC(=O)C1=Cc2cc(Cl)c(CC(C)C)cc2OC1C(F)(F)F. The van der Waals surface area contributed by atoms with E-state index in [-0.39, 0.29) is 18.3 Å². The van der Waals surface area contributed by atoms with Crippen LogP contribution in [-0.4, -0.2) is 24.9 Å². The molecule has 1 aromatic carbocycles. The smallest absolute Gasteiger partial charge is 0.430 e. The van der Waals surface area contributed by atoms with Crippen molar-refractivity contribution in [2.24, 2.45) is 5.92 Å². The number of rotatable bonds is 4. The molecule has 2 rings (SSSR count). The second-order valence-electron chi connectivity index (χ2n) is 5.94. The minimum Gasteiger partial charge on any atom is -0.475 e. The minimum absolute atomic E-state index is 0.0261. The van der Waals surface area contributed by atoms with Gasteiger partial charge in [-0.1, -0.05) is 25.4 Å². The van der Waals surface area contributed by atoms with Gasteiger partial charge in [0, 0.05) is 10.6 Å². The second kappa shape index (κ2) is 7.05. The number of esters is 1. The van der Waals surface area contributed by atoms with Gasteiger partial charge in [-0.2, -0.15) is 13.2 Å². The number of carbonyl (C=O) groups is 1. The Morgan fingerprint density at radius 3 is 2.58 bits per heavy atom. The average molecular weight is 363 g/mol. The highest BCUT2D eigenvalue weighted by atomic mass is 35.5. The number of ether oxygens (including phenoxy) is 2. The van der Waals surface area contributed by atoms with Crippen LogP contribution in [0.25, 0.3) is 6.08 Å². The van der Waals surface area contributed by atoms with Crippen LogP contribution in [-0.2, 0) is 16.0 Å². The van der Waals surface area contributed by atoms with E-state index >= 15 is 0 Å². The number of halogens is 4. The van der Waals surface area contributed by atoms with Crippen LogP contribution < -0.4 is 4.74 Å². The third-order valence-electron chi connectivity index (χ3n) is 3.45. The van der Waals surface area contributed by atoms with Crippen molar-refractivity contribution in [2.75, 3.05) is 6.61 Å². The summed E-state index contributed by atoms with van der Waals surface area (Å²) in [6.45, 7) is 5.46. The number of alkyl halides is 3. The highest BCUT2D eigenvalue weighted by Crippen LogP contribution is 2.40. The number of benzene rings is 1. The van der Waals surface area contributed by atoms with Crippen LogP contribution in [0.2, 0.25) is 5.02 Å². The zero-order valence-corrected chi connectivity index (χ0v) is 14.3. The summed E-state index contributed by atoms with van der Waals surface area (Å²) in [6.07, 6.45) is -5.33. The summed E-state index contributed by atoms with van der Waals surface area (Å²) in [4.78, 5) is 11.9. The maximum atomic E-state index is 13.3. The van der Waals surface area contributed by atoms with E-state index in [1.165, 1.54) is 19.1 Å². The van der Waals surface area contributed by atoms with Gasteiger partial charge < -0.3 is 9.47 Å². The number of fused-ring (bicyclic) bond motifs is 1. The Bertz CT molecular complexity index is 666. The number of carbonyl (C=O) groups excluding carboxylic acids is 1. The van der Waals surface area contributed by atoms with Gasteiger partial charge in [-0.3, -0.25) is 0 Å². The zero-order chi connectivity index (χ0) is 18.1. The maximum Gasteiger partial charge on any atom is 0.430 e. The molecular formula is C17H18ClF3O3. The van der Waals surface area contributed by atoms with Crippen molar-refractivity contribution in [2.45, 2.75) is 39.5 Å². The number of hydrogen-bond acceptors (Lipinski definition) is 3. The van der Waals surface area contributed by atoms with Gasteiger partial charge in [0.25, 0.3) is 0 Å². The van der Waals surface area contributed by atoms with Crippen molar-refractivity contribution >= 4 is 23.6 Å². The van der Waals surface area contributed by atoms with E-state index in [0.29, 0.717) is 22.6 Å². The van der Waals surface area contributed by atoms with Crippen LogP contribution in [0.5, 0.6) is 5.75 Å². The molecule has 0 bridgehead atoms. The van der Waals surface area contributed by atoms with Gasteiger partial charge in [0.1, 0.15) is 5.75 Å². The molecule has 0 radical (unpaired) electrons.